The number of amides is 2. The maximum absolute atomic E-state index is 13.8. The van der Waals surface area contributed by atoms with Crippen molar-refractivity contribution in [1.29, 1.82) is 0 Å². The van der Waals surface area contributed by atoms with Crippen molar-refractivity contribution >= 4 is 44.1 Å². The van der Waals surface area contributed by atoms with E-state index in [2.05, 4.69) is 15.6 Å². The van der Waals surface area contributed by atoms with E-state index in [0.29, 0.717) is 40.5 Å². The van der Waals surface area contributed by atoms with Crippen molar-refractivity contribution in [2.75, 3.05) is 16.4 Å². The molecule has 0 aliphatic heterocycles. The van der Waals surface area contributed by atoms with E-state index in [1.807, 2.05) is 0 Å². The Kier molecular flexibility index (Phi) is 5.57. The molecule has 6 nitrogen and oxygen atoms in total. The van der Waals surface area contributed by atoms with Crippen LogP contribution in [0.4, 0.5) is 38.9 Å². The van der Waals surface area contributed by atoms with Crippen molar-refractivity contribution in [3.63, 3.8) is 0 Å². The van der Waals surface area contributed by atoms with Gasteiger partial charge in [-0.15, -0.1) is 0 Å². The molecule has 0 bridgehead atoms. The highest BCUT2D eigenvalue weighted by Crippen LogP contribution is 2.32. The monoisotopic (exact) mass is 462 g/mol. The van der Waals surface area contributed by atoms with Gasteiger partial charge in [0.15, 0.2) is 5.13 Å². The van der Waals surface area contributed by atoms with Crippen molar-refractivity contribution in [2.24, 2.45) is 0 Å². The van der Waals surface area contributed by atoms with Crippen LogP contribution >= 0.6 is 11.3 Å². The fourth-order valence-corrected chi connectivity index (χ4v) is 3.57. The van der Waals surface area contributed by atoms with Crippen molar-refractivity contribution in [2.45, 2.75) is 6.18 Å². The summed E-state index contributed by atoms with van der Waals surface area (Å²) in [5.74, 6) is 0.0629. The topological polar surface area (TPSA) is 89.3 Å². The first-order chi connectivity index (χ1) is 15.2. The standard InChI is InChI=1S/C21H14F4N4O2S/c22-15-7-1-11(21(23,24)25)9-17(15)29-20(30)27-12-2-4-13(5-3-12)31-14-6-8-16-18(10-14)32-19(26)28-16/h1-10H,(H2,26,28)(H2,27,29,30). The maximum atomic E-state index is 13.8. The molecule has 4 rings (SSSR count). The number of nitrogens with zero attached hydrogens (tertiary/aromatic N) is 1. The number of nitrogens with two attached hydrogens (primary N) is 1. The normalized spacial score (nSPS) is 11.4. The third kappa shape index (κ3) is 4.89. The van der Waals surface area contributed by atoms with Gasteiger partial charge in [0.25, 0.3) is 0 Å². The van der Waals surface area contributed by atoms with E-state index in [-0.39, 0.29) is 0 Å². The molecule has 4 N–H and O–H groups in total. The number of nitrogens with one attached hydrogen (secondary N) is 2. The Morgan fingerprint density at radius 1 is 0.969 bits per heavy atom. The van der Waals surface area contributed by atoms with Gasteiger partial charge in [-0.3, -0.25) is 0 Å². The third-order valence-corrected chi connectivity index (χ3v) is 5.11. The van der Waals surface area contributed by atoms with E-state index in [4.69, 9.17) is 10.5 Å². The Balaban J connectivity index is 1.40. The molecule has 32 heavy (non-hydrogen) atoms. The number of benzene rings is 3. The molecule has 0 atom stereocenters. The zero-order valence-electron chi connectivity index (χ0n) is 16.0. The van der Waals surface area contributed by atoms with Crippen LogP contribution in [0.1, 0.15) is 5.56 Å². The van der Waals surface area contributed by atoms with Gasteiger partial charge in [0.2, 0.25) is 0 Å². The molecular weight excluding hydrogens is 448 g/mol. The highest BCUT2D eigenvalue weighted by atomic mass is 32.1. The number of halogens is 4. The highest BCUT2D eigenvalue weighted by molar-refractivity contribution is 7.22. The quantitative estimate of drug-likeness (QED) is 0.303. The van der Waals surface area contributed by atoms with Crippen LogP contribution in [0.2, 0.25) is 0 Å². The largest absolute Gasteiger partial charge is 0.457 e. The van der Waals surface area contributed by atoms with E-state index in [1.54, 1.807) is 30.3 Å². The lowest BCUT2D eigenvalue weighted by Gasteiger charge is -2.12. The van der Waals surface area contributed by atoms with Gasteiger partial charge in [0.1, 0.15) is 17.3 Å². The number of carbonyl (C=O) groups excluding carboxylic acids is 1. The number of urea groups is 1. The lowest BCUT2D eigenvalue weighted by atomic mass is 10.2. The number of nitrogen functional groups attached to an aromatic ring is 1. The van der Waals surface area contributed by atoms with Crippen LogP contribution in [0.15, 0.2) is 60.7 Å². The average Bonchev–Trinajstić information content (AvgIpc) is 3.09. The van der Waals surface area contributed by atoms with Crippen LogP contribution in [0.25, 0.3) is 10.2 Å². The molecule has 0 unspecified atom stereocenters. The Morgan fingerprint density at radius 3 is 2.41 bits per heavy atom. The van der Waals surface area contributed by atoms with Gasteiger partial charge >= 0.3 is 12.2 Å². The minimum atomic E-state index is -4.66. The Hall–Kier alpha value is -3.86. The number of anilines is 3. The first kappa shape index (κ1) is 21.4. The van der Waals surface area contributed by atoms with E-state index >= 15 is 0 Å². The number of hydrogen-bond acceptors (Lipinski definition) is 5. The van der Waals surface area contributed by atoms with Gasteiger partial charge in [-0.2, -0.15) is 13.2 Å². The molecular formula is C21H14F4N4O2S. The summed E-state index contributed by atoms with van der Waals surface area (Å²) >= 11 is 1.33. The second kappa shape index (κ2) is 8.35. The molecule has 2 amide bonds. The summed E-state index contributed by atoms with van der Waals surface area (Å²) in [6.07, 6.45) is -4.66. The van der Waals surface area contributed by atoms with Gasteiger partial charge in [0.05, 0.1) is 21.5 Å². The summed E-state index contributed by atoms with van der Waals surface area (Å²) in [5, 5.41) is 4.95. The molecule has 0 aliphatic rings. The minimum Gasteiger partial charge on any atom is -0.457 e. The third-order valence-electron chi connectivity index (χ3n) is 4.27. The van der Waals surface area contributed by atoms with E-state index in [0.717, 1.165) is 10.2 Å². The molecule has 3 aromatic carbocycles. The predicted molar refractivity (Wildman–Crippen MR) is 115 cm³/mol. The summed E-state index contributed by atoms with van der Waals surface area (Å²) in [4.78, 5) is 16.2. The smallest absolute Gasteiger partial charge is 0.416 e. The second-order valence-corrected chi connectivity index (χ2v) is 7.64. The van der Waals surface area contributed by atoms with Crippen LogP contribution < -0.4 is 21.1 Å². The number of alkyl halides is 3. The fraction of sp³-hybridized carbons (Fsp3) is 0.0476. The lowest BCUT2D eigenvalue weighted by Crippen LogP contribution is -2.20. The first-order valence-electron chi connectivity index (χ1n) is 9.06. The lowest BCUT2D eigenvalue weighted by molar-refractivity contribution is -0.137. The molecule has 4 aromatic rings. The average molecular weight is 462 g/mol. The van der Waals surface area contributed by atoms with Gasteiger partial charge in [0, 0.05) is 11.8 Å². The Morgan fingerprint density at radius 2 is 1.69 bits per heavy atom. The molecule has 0 saturated heterocycles. The fourth-order valence-electron chi connectivity index (χ4n) is 2.81. The summed E-state index contributed by atoms with van der Waals surface area (Å²) in [6, 6.07) is 12.4. The highest BCUT2D eigenvalue weighted by Gasteiger charge is 2.31. The van der Waals surface area contributed by atoms with Crippen molar-refractivity contribution < 1.29 is 27.1 Å². The Labute approximate surface area is 182 Å². The summed E-state index contributed by atoms with van der Waals surface area (Å²) in [5.41, 5.74) is 5.12. The van der Waals surface area contributed by atoms with Gasteiger partial charge < -0.3 is 21.1 Å². The zero-order valence-corrected chi connectivity index (χ0v) is 16.9. The van der Waals surface area contributed by atoms with E-state index in [1.165, 1.54) is 23.5 Å². The molecule has 11 heteroatoms. The van der Waals surface area contributed by atoms with Crippen LogP contribution in [0, 0.1) is 5.82 Å². The van der Waals surface area contributed by atoms with Crippen molar-refractivity contribution in [1.82, 2.24) is 4.98 Å². The first-order valence-corrected chi connectivity index (χ1v) is 9.88. The summed E-state index contributed by atoms with van der Waals surface area (Å²) in [7, 11) is 0. The number of rotatable bonds is 4. The van der Waals surface area contributed by atoms with Gasteiger partial charge in [-0.25, -0.2) is 14.2 Å². The molecule has 0 radical (unpaired) electrons. The number of fused-ring (bicyclic) bond motifs is 1. The molecule has 1 aromatic heterocycles. The summed E-state index contributed by atoms with van der Waals surface area (Å²) < 4.78 is 58.8. The number of thiazole rings is 1. The van der Waals surface area contributed by atoms with Crippen LogP contribution in [0.5, 0.6) is 11.5 Å². The van der Waals surface area contributed by atoms with Crippen molar-refractivity contribution in [3.05, 3.63) is 72.0 Å². The van der Waals surface area contributed by atoms with Crippen LogP contribution in [-0.2, 0) is 6.18 Å². The second-order valence-electron chi connectivity index (χ2n) is 6.58. The molecule has 0 aliphatic carbocycles. The van der Waals surface area contributed by atoms with E-state index in [9.17, 15) is 22.4 Å². The minimum absolute atomic E-state index is 0.327. The number of carbonyl (C=O) groups is 1. The van der Waals surface area contributed by atoms with Gasteiger partial charge in [-0.1, -0.05) is 11.3 Å². The van der Waals surface area contributed by atoms with Crippen LogP contribution in [0.3, 0.4) is 0 Å². The van der Waals surface area contributed by atoms with Gasteiger partial charge in [-0.05, 0) is 54.6 Å². The molecule has 164 valence electrons. The SMILES string of the molecule is Nc1nc2ccc(Oc3ccc(NC(=O)Nc4cc(C(F)(F)F)ccc4F)cc3)cc2s1. The Bertz CT molecular complexity index is 1290. The molecule has 0 fully saturated rings. The predicted octanol–water partition coefficient (Wildman–Crippen LogP) is 6.47. The molecule has 1 heterocycles. The van der Waals surface area contributed by atoms with Crippen molar-refractivity contribution in [3.8, 4) is 11.5 Å². The zero-order chi connectivity index (χ0) is 22.9. The number of hydrogen-bond donors (Lipinski definition) is 3. The van der Waals surface area contributed by atoms with Crippen LogP contribution in [-0.4, -0.2) is 11.0 Å². The number of aromatic nitrogens is 1. The molecule has 0 spiro atoms. The number of ether oxygens (including phenoxy) is 1. The summed E-state index contributed by atoms with van der Waals surface area (Å²) in [6.45, 7) is 0. The maximum Gasteiger partial charge on any atom is 0.416 e. The van der Waals surface area contributed by atoms with E-state index < -0.39 is 29.3 Å². The molecule has 0 saturated carbocycles.